The number of ether oxygens (including phenoxy) is 2. The molecule has 0 bridgehead atoms. The molecular formula is C10H21O3P. The van der Waals surface area contributed by atoms with Gasteiger partial charge >= 0.3 is 5.97 Å². The molecule has 0 aliphatic rings. The van der Waals surface area contributed by atoms with Gasteiger partial charge in [-0.1, -0.05) is 21.8 Å². The second-order valence-corrected chi connectivity index (χ2v) is 5.69. The average molecular weight is 220 g/mol. The van der Waals surface area contributed by atoms with E-state index < -0.39 is 0 Å². The van der Waals surface area contributed by atoms with Gasteiger partial charge < -0.3 is 9.47 Å². The van der Waals surface area contributed by atoms with E-state index in [0.29, 0.717) is 13.2 Å². The van der Waals surface area contributed by atoms with E-state index in [4.69, 9.17) is 9.47 Å². The Kier molecular flexibility index (Phi) is 8.11. The van der Waals surface area contributed by atoms with Gasteiger partial charge in [-0.15, -0.1) is 0 Å². The maximum absolute atomic E-state index is 11.6. The summed E-state index contributed by atoms with van der Waals surface area (Å²) in [6, 6.07) is 0. The molecule has 0 aromatic heterocycles. The maximum atomic E-state index is 11.6. The molecule has 1 atom stereocenters. The highest BCUT2D eigenvalue weighted by Gasteiger charge is 2.26. The van der Waals surface area contributed by atoms with Gasteiger partial charge in [0, 0.05) is 6.61 Å². The fourth-order valence-corrected chi connectivity index (χ4v) is 3.09. The van der Waals surface area contributed by atoms with E-state index in [2.05, 4.69) is 13.8 Å². The maximum Gasteiger partial charge on any atom is 0.339 e. The molecule has 84 valence electrons. The summed E-state index contributed by atoms with van der Waals surface area (Å²) in [6.45, 7) is 8.92. The molecule has 0 N–H and O–H groups in total. The third kappa shape index (κ3) is 4.39. The Morgan fingerprint density at radius 2 is 1.71 bits per heavy atom. The van der Waals surface area contributed by atoms with E-state index in [9.17, 15) is 4.79 Å². The quantitative estimate of drug-likeness (QED) is 0.488. The summed E-state index contributed by atoms with van der Waals surface area (Å²) in [5.74, 6) is -0.505. The van der Waals surface area contributed by atoms with Gasteiger partial charge in [-0.05, 0) is 26.2 Å². The minimum Gasteiger partial charge on any atom is -0.464 e. The molecule has 3 nitrogen and oxygen atoms in total. The lowest BCUT2D eigenvalue weighted by Gasteiger charge is -2.23. The predicted molar refractivity (Wildman–Crippen MR) is 60.0 cm³/mol. The van der Waals surface area contributed by atoms with Crippen LogP contribution in [0.2, 0.25) is 0 Å². The van der Waals surface area contributed by atoms with Gasteiger partial charge in [-0.2, -0.15) is 0 Å². The van der Waals surface area contributed by atoms with Gasteiger partial charge in [0.2, 0.25) is 0 Å². The number of hydrogen-bond donors (Lipinski definition) is 0. The van der Waals surface area contributed by atoms with Crippen molar-refractivity contribution in [1.29, 1.82) is 0 Å². The molecule has 0 saturated heterocycles. The lowest BCUT2D eigenvalue weighted by Crippen LogP contribution is -2.26. The molecule has 0 radical (unpaired) electrons. The van der Waals surface area contributed by atoms with Crippen molar-refractivity contribution < 1.29 is 14.3 Å². The molecule has 1 unspecified atom stereocenters. The average Bonchev–Trinajstić information content (AvgIpc) is 2.18. The standard InChI is InChI=1S/C10H21O3P/c1-5-12-9(11)10(13-6-2)14(7-3)8-4/h10H,5-8H2,1-4H3. The molecule has 0 fully saturated rings. The molecule has 0 heterocycles. The Morgan fingerprint density at radius 1 is 1.14 bits per heavy atom. The predicted octanol–water partition coefficient (Wildman–Crippen LogP) is 2.43. The van der Waals surface area contributed by atoms with Crippen LogP contribution in [0.4, 0.5) is 0 Å². The minimum atomic E-state index is -0.373. The first-order chi connectivity index (χ1) is 6.71. The molecule has 4 heteroatoms. The number of esters is 1. The van der Waals surface area contributed by atoms with Crippen molar-refractivity contribution in [2.24, 2.45) is 0 Å². The third-order valence-corrected chi connectivity index (χ3v) is 4.60. The van der Waals surface area contributed by atoms with Crippen LogP contribution in [0, 0.1) is 0 Å². The monoisotopic (exact) mass is 220 g/mol. The van der Waals surface area contributed by atoms with Gasteiger partial charge in [0.1, 0.15) is 0 Å². The number of hydrogen-bond acceptors (Lipinski definition) is 3. The van der Waals surface area contributed by atoms with E-state index in [1.165, 1.54) is 0 Å². The second-order valence-electron chi connectivity index (χ2n) is 2.78. The van der Waals surface area contributed by atoms with Crippen molar-refractivity contribution in [3.63, 3.8) is 0 Å². The van der Waals surface area contributed by atoms with Crippen LogP contribution in [-0.2, 0) is 14.3 Å². The van der Waals surface area contributed by atoms with Crippen LogP contribution >= 0.6 is 7.92 Å². The van der Waals surface area contributed by atoms with Crippen molar-refractivity contribution in [3.8, 4) is 0 Å². The summed E-state index contributed by atoms with van der Waals surface area (Å²) in [7, 11) is -0.373. The van der Waals surface area contributed by atoms with Crippen LogP contribution in [0.25, 0.3) is 0 Å². The van der Waals surface area contributed by atoms with Crippen molar-refractivity contribution in [1.82, 2.24) is 0 Å². The highest BCUT2D eigenvalue weighted by Crippen LogP contribution is 2.41. The van der Waals surface area contributed by atoms with Crippen LogP contribution in [-0.4, -0.2) is 37.4 Å². The highest BCUT2D eigenvalue weighted by atomic mass is 31.1. The van der Waals surface area contributed by atoms with Gasteiger partial charge in [0.25, 0.3) is 0 Å². The summed E-state index contributed by atoms with van der Waals surface area (Å²) in [5, 5.41) is 0. The van der Waals surface area contributed by atoms with E-state index in [1.54, 1.807) is 0 Å². The molecule has 14 heavy (non-hydrogen) atoms. The summed E-state index contributed by atoms with van der Waals surface area (Å²) in [4.78, 5) is 11.6. The second kappa shape index (κ2) is 8.19. The van der Waals surface area contributed by atoms with Gasteiger partial charge in [0.15, 0.2) is 5.85 Å². The molecule has 0 saturated carbocycles. The van der Waals surface area contributed by atoms with Gasteiger partial charge in [0.05, 0.1) is 6.61 Å². The van der Waals surface area contributed by atoms with E-state index in [-0.39, 0.29) is 19.7 Å². The van der Waals surface area contributed by atoms with Crippen LogP contribution in [0.5, 0.6) is 0 Å². The first-order valence-corrected chi connectivity index (χ1v) is 7.01. The van der Waals surface area contributed by atoms with Crippen molar-refractivity contribution in [3.05, 3.63) is 0 Å². The molecule has 0 aromatic carbocycles. The van der Waals surface area contributed by atoms with Crippen LogP contribution in [0.1, 0.15) is 27.7 Å². The SMILES string of the molecule is CCOC(=O)C(OCC)P(CC)CC. The lowest BCUT2D eigenvalue weighted by atomic mass is 10.7. The largest absolute Gasteiger partial charge is 0.464 e. The third-order valence-electron chi connectivity index (χ3n) is 1.96. The van der Waals surface area contributed by atoms with Crippen LogP contribution < -0.4 is 0 Å². The van der Waals surface area contributed by atoms with Crippen molar-refractivity contribution in [2.75, 3.05) is 25.5 Å². The summed E-state index contributed by atoms with van der Waals surface area (Å²) in [5.41, 5.74) is 0. The molecule has 0 aliphatic heterocycles. The van der Waals surface area contributed by atoms with Gasteiger partial charge in [-0.3, -0.25) is 0 Å². The van der Waals surface area contributed by atoms with Crippen LogP contribution in [0.3, 0.4) is 0 Å². The fourth-order valence-electron chi connectivity index (χ4n) is 1.25. The summed E-state index contributed by atoms with van der Waals surface area (Å²) >= 11 is 0. The Labute approximate surface area is 87.9 Å². The number of carbonyl (C=O) groups excluding carboxylic acids is 1. The van der Waals surface area contributed by atoms with Crippen molar-refractivity contribution in [2.45, 2.75) is 33.5 Å². The fraction of sp³-hybridized carbons (Fsp3) is 0.900. The van der Waals surface area contributed by atoms with Crippen molar-refractivity contribution >= 4 is 13.9 Å². The Morgan fingerprint density at radius 3 is 2.07 bits per heavy atom. The van der Waals surface area contributed by atoms with E-state index >= 15 is 0 Å². The van der Waals surface area contributed by atoms with E-state index in [1.807, 2.05) is 13.8 Å². The summed E-state index contributed by atoms with van der Waals surface area (Å²) in [6.07, 6.45) is 2.02. The zero-order valence-electron chi connectivity index (χ0n) is 9.58. The molecule has 0 spiro atoms. The lowest BCUT2D eigenvalue weighted by molar-refractivity contribution is -0.150. The first kappa shape index (κ1) is 13.9. The normalized spacial score (nSPS) is 12.9. The van der Waals surface area contributed by atoms with Crippen LogP contribution in [0.15, 0.2) is 0 Å². The number of carbonyl (C=O) groups is 1. The van der Waals surface area contributed by atoms with E-state index in [0.717, 1.165) is 12.3 Å². The Balaban J connectivity index is 4.31. The molecular weight excluding hydrogens is 199 g/mol. The van der Waals surface area contributed by atoms with Gasteiger partial charge in [-0.25, -0.2) is 4.79 Å². The molecule has 0 aliphatic carbocycles. The zero-order chi connectivity index (χ0) is 11.0. The number of rotatable bonds is 7. The Hall–Kier alpha value is -0.140. The molecule has 0 amide bonds. The molecule has 0 rings (SSSR count). The highest BCUT2D eigenvalue weighted by molar-refractivity contribution is 7.59. The first-order valence-electron chi connectivity index (χ1n) is 5.23. The topological polar surface area (TPSA) is 35.5 Å². The summed E-state index contributed by atoms with van der Waals surface area (Å²) < 4.78 is 10.4. The minimum absolute atomic E-state index is 0.191. The Bertz CT molecular complexity index is 157. The smallest absolute Gasteiger partial charge is 0.339 e. The molecule has 0 aromatic rings. The zero-order valence-corrected chi connectivity index (χ0v) is 10.5.